The van der Waals surface area contributed by atoms with Crippen molar-refractivity contribution in [1.29, 1.82) is 0 Å². The average Bonchev–Trinajstić information content (AvgIpc) is 0.918. The Balaban J connectivity index is 0. The largest absolute Gasteiger partial charge is 0 e. The molecule has 1 nitrogen and oxygen atoms in total. The standard InChI is InChI=1S/2ClH.N.Ni/h2*1H;;/q;;;+2/p-2. The molecule has 0 spiro atoms. The van der Waals surface area contributed by atoms with Gasteiger partial charge in [0, 0.05) is 6.15 Å². The molecule has 0 aromatic carbocycles. The normalized spacial score (nSPS) is 5.50. The van der Waals surface area contributed by atoms with E-state index in [1.165, 1.54) is 0 Å². The van der Waals surface area contributed by atoms with Gasteiger partial charge in [0.1, 0.15) is 0 Å². The molecule has 0 saturated carbocycles. The van der Waals surface area contributed by atoms with Crippen molar-refractivity contribution in [2.24, 2.45) is 0 Å². The molecule has 0 heterocycles. The van der Waals surface area contributed by atoms with Crippen LogP contribution < -0.4 is 6.15 Å². The van der Waals surface area contributed by atoms with Crippen molar-refractivity contribution < 1.29 is 12.7 Å². The predicted octanol–water partition coefficient (Wildman–Crippen LogP) is 0.896. The van der Waals surface area contributed by atoms with Crippen molar-refractivity contribution in [3.8, 4) is 0 Å². The summed E-state index contributed by atoms with van der Waals surface area (Å²) in [6.07, 6.45) is 0. The summed E-state index contributed by atoms with van der Waals surface area (Å²) in [5.41, 5.74) is 0. The van der Waals surface area contributed by atoms with Crippen LogP contribution in [-0.4, -0.2) is 0 Å². The van der Waals surface area contributed by atoms with Gasteiger partial charge in [-0.1, -0.05) is 0 Å². The van der Waals surface area contributed by atoms with Gasteiger partial charge in [-0.3, -0.25) is 0 Å². The molecule has 0 bridgehead atoms. The number of rotatable bonds is 0. The molecule has 0 aliphatic heterocycles. The van der Waals surface area contributed by atoms with Gasteiger partial charge in [0.05, 0.1) is 0 Å². The number of hydrogen-bond acceptors (Lipinski definition) is 0. The third-order valence-corrected chi connectivity index (χ3v) is 0. The van der Waals surface area contributed by atoms with E-state index < -0.39 is 0 Å². The van der Waals surface area contributed by atoms with Crippen LogP contribution in [0.15, 0.2) is 0 Å². The van der Waals surface area contributed by atoms with E-state index in [0.29, 0.717) is 12.7 Å². The molecule has 0 aliphatic rings. The molecule has 0 saturated heterocycles. The molecule has 0 aromatic rings. The summed E-state index contributed by atoms with van der Waals surface area (Å²) in [6.45, 7) is 0. The third kappa shape index (κ3) is 11.7. The first-order valence-corrected chi connectivity index (χ1v) is 2.96. The molecule has 0 atom stereocenters. The SMILES string of the molecule is [Cl][Ni][Cl].[N]. The van der Waals surface area contributed by atoms with E-state index >= 15 is 0 Å². The number of halogens is 2. The Hall–Kier alpha value is 1.03. The Morgan fingerprint density at radius 3 is 1.25 bits per heavy atom. The van der Waals surface area contributed by atoms with Crippen molar-refractivity contribution in [3.63, 3.8) is 0 Å². The van der Waals surface area contributed by atoms with Gasteiger partial charge in [-0.05, 0) is 0 Å². The molecule has 4 heteroatoms. The van der Waals surface area contributed by atoms with Gasteiger partial charge in [-0.15, -0.1) is 0 Å². The predicted molar refractivity (Wildman–Crippen MR) is 13.8 cm³/mol. The van der Waals surface area contributed by atoms with Crippen molar-refractivity contribution in [2.75, 3.05) is 0 Å². The average molecular weight is 144 g/mol. The summed E-state index contributed by atoms with van der Waals surface area (Å²) < 4.78 is 0. The van der Waals surface area contributed by atoms with Crippen LogP contribution in [0.3, 0.4) is 0 Å². The molecular formula is Cl2NNi. The fourth-order valence-electron chi connectivity index (χ4n) is 0. The van der Waals surface area contributed by atoms with Crippen molar-refractivity contribution in [1.82, 2.24) is 6.15 Å². The van der Waals surface area contributed by atoms with E-state index in [2.05, 4.69) is 0 Å². The summed E-state index contributed by atoms with van der Waals surface area (Å²) in [5, 5.41) is 0. The zero-order chi connectivity index (χ0) is 2.71. The van der Waals surface area contributed by atoms with E-state index in [4.69, 9.17) is 20.4 Å². The first kappa shape index (κ1) is 8.90. The minimum atomic E-state index is 0. The summed E-state index contributed by atoms with van der Waals surface area (Å²) in [4.78, 5) is 0. The second kappa shape index (κ2) is 8.98. The minimum absolute atomic E-state index is 0. The van der Waals surface area contributed by atoms with E-state index in [1.807, 2.05) is 0 Å². The molecule has 0 fully saturated rings. The minimum Gasteiger partial charge on any atom is 0 e. The Morgan fingerprint density at radius 2 is 1.25 bits per heavy atom. The molecule has 4 heavy (non-hydrogen) atoms. The second-order valence-corrected chi connectivity index (χ2v) is 1.68. The van der Waals surface area contributed by atoms with Crippen molar-refractivity contribution >= 4 is 20.4 Å². The van der Waals surface area contributed by atoms with Gasteiger partial charge in [-0.25, -0.2) is 0 Å². The van der Waals surface area contributed by atoms with Gasteiger partial charge in [0.2, 0.25) is 0 Å². The first-order chi connectivity index (χ1) is 1.41. The van der Waals surface area contributed by atoms with Crippen molar-refractivity contribution in [3.05, 3.63) is 0 Å². The quantitative estimate of drug-likeness (QED) is 0.451. The Bertz CT molecular complexity index is 6.00. The Kier molecular flexibility index (Phi) is 20.0. The molecule has 0 rings (SSSR count). The Labute approximate surface area is 39.6 Å². The molecule has 29 valence electrons. The second-order valence-electron chi connectivity index (χ2n) is 0.0452. The van der Waals surface area contributed by atoms with E-state index in [0.717, 1.165) is 0 Å². The van der Waals surface area contributed by atoms with Gasteiger partial charge in [0.25, 0.3) is 0 Å². The summed E-state index contributed by atoms with van der Waals surface area (Å²) in [7, 11) is 9.40. The maximum Gasteiger partial charge on any atom is 0 e. The van der Waals surface area contributed by atoms with Crippen LogP contribution in [0.25, 0.3) is 0 Å². The van der Waals surface area contributed by atoms with E-state index in [-0.39, 0.29) is 6.15 Å². The fraction of sp³-hybridized carbons (Fsp3) is 0. The van der Waals surface area contributed by atoms with Crippen LogP contribution in [0.4, 0.5) is 0 Å². The molecule has 0 unspecified atom stereocenters. The van der Waals surface area contributed by atoms with Gasteiger partial charge in [0.15, 0.2) is 0 Å². The van der Waals surface area contributed by atoms with Gasteiger partial charge in [-0.2, -0.15) is 0 Å². The van der Waals surface area contributed by atoms with Crippen LogP contribution in [-0.2, 0) is 12.7 Å². The molecular weight excluding hydrogens is 144 g/mol. The molecule has 0 amide bonds. The molecule has 0 aromatic heterocycles. The van der Waals surface area contributed by atoms with Crippen LogP contribution in [0.1, 0.15) is 0 Å². The molecule has 3 radical (unpaired) electrons. The van der Waals surface area contributed by atoms with E-state index in [1.54, 1.807) is 0 Å². The van der Waals surface area contributed by atoms with Crippen molar-refractivity contribution in [2.45, 2.75) is 0 Å². The summed E-state index contributed by atoms with van der Waals surface area (Å²) >= 11 is 0.569. The fourth-order valence-corrected chi connectivity index (χ4v) is 0. The molecule has 0 N–H and O–H groups in total. The van der Waals surface area contributed by atoms with Crippen LogP contribution in [0.2, 0.25) is 0 Å². The maximum atomic E-state index is 4.70. The van der Waals surface area contributed by atoms with E-state index in [9.17, 15) is 0 Å². The maximum absolute atomic E-state index is 4.70. The summed E-state index contributed by atoms with van der Waals surface area (Å²) in [6, 6.07) is 0. The monoisotopic (exact) mass is 142 g/mol. The van der Waals surface area contributed by atoms with Gasteiger partial charge >= 0.3 is 33.0 Å². The third-order valence-electron chi connectivity index (χ3n) is 0. The Morgan fingerprint density at radius 1 is 1.25 bits per heavy atom. The zero-order valence-corrected chi connectivity index (χ0v) is 4.02. The number of hydrogen-bond donors (Lipinski definition) is 0. The zero-order valence-electron chi connectivity index (χ0n) is 1.52. The smallest absolute Gasteiger partial charge is 0 e. The van der Waals surface area contributed by atoms with Crippen LogP contribution in [0, 0.1) is 0 Å². The van der Waals surface area contributed by atoms with Crippen LogP contribution >= 0.6 is 20.4 Å². The number of nitrogens with zero attached hydrogens (tertiary/aromatic N) is 1. The molecule has 0 aliphatic carbocycles. The van der Waals surface area contributed by atoms with Gasteiger partial charge < -0.3 is 0 Å². The first-order valence-electron chi connectivity index (χ1n) is 0.239. The summed E-state index contributed by atoms with van der Waals surface area (Å²) in [5.74, 6) is 0. The topological polar surface area (TPSA) is 30.5 Å². The van der Waals surface area contributed by atoms with Crippen LogP contribution in [0.5, 0.6) is 0 Å².